The fourth-order valence-corrected chi connectivity index (χ4v) is 4.46. The van der Waals surface area contributed by atoms with E-state index in [2.05, 4.69) is 17.0 Å². The van der Waals surface area contributed by atoms with Crippen molar-refractivity contribution in [2.24, 2.45) is 0 Å². The summed E-state index contributed by atoms with van der Waals surface area (Å²) >= 11 is 6.89. The van der Waals surface area contributed by atoms with E-state index in [0.29, 0.717) is 9.93 Å². The summed E-state index contributed by atoms with van der Waals surface area (Å²) in [5.74, 6) is -0.245. The zero-order valence-corrected chi connectivity index (χ0v) is 17.0. The molecule has 0 aliphatic carbocycles. The lowest BCUT2D eigenvalue weighted by Gasteiger charge is -2.28. The Bertz CT molecular complexity index is 903. The van der Waals surface area contributed by atoms with Crippen LogP contribution < -0.4 is 4.90 Å². The highest BCUT2D eigenvalue weighted by Gasteiger charge is 2.34. The summed E-state index contributed by atoms with van der Waals surface area (Å²) in [6.45, 7) is 2.46. The predicted molar refractivity (Wildman–Crippen MR) is 115 cm³/mol. The van der Waals surface area contributed by atoms with Gasteiger partial charge in [-0.05, 0) is 72.5 Å². The van der Waals surface area contributed by atoms with Crippen molar-refractivity contribution in [2.75, 3.05) is 18.0 Å². The average molecular weight is 413 g/mol. The molecule has 2 aromatic rings. The van der Waals surface area contributed by atoms with Gasteiger partial charge in [0, 0.05) is 23.8 Å². The maximum atomic E-state index is 12.7. The maximum absolute atomic E-state index is 12.7. The molecule has 0 unspecified atom stereocenters. The van der Waals surface area contributed by atoms with Crippen molar-refractivity contribution in [1.82, 2.24) is 4.90 Å². The van der Waals surface area contributed by atoms with Gasteiger partial charge in [-0.2, -0.15) is 0 Å². The van der Waals surface area contributed by atoms with E-state index in [1.54, 1.807) is 18.2 Å². The molecule has 0 saturated carbocycles. The molecular weight excluding hydrogens is 392 g/mol. The van der Waals surface area contributed by atoms with Gasteiger partial charge >= 0.3 is 0 Å². The van der Waals surface area contributed by atoms with Crippen molar-refractivity contribution >= 4 is 46.3 Å². The molecule has 0 radical (unpaired) electrons. The highest BCUT2D eigenvalue weighted by Crippen LogP contribution is 2.33. The molecule has 0 spiro atoms. The van der Waals surface area contributed by atoms with Gasteiger partial charge in [0.25, 0.3) is 11.1 Å². The molecule has 2 amide bonds. The molecule has 0 N–H and O–H groups in total. The third-order valence-corrected chi connectivity index (χ3v) is 6.20. The monoisotopic (exact) mass is 412 g/mol. The van der Waals surface area contributed by atoms with Gasteiger partial charge in [0.15, 0.2) is 0 Å². The Morgan fingerprint density at radius 2 is 1.61 bits per heavy atom. The second-order valence-electron chi connectivity index (χ2n) is 7.03. The summed E-state index contributed by atoms with van der Waals surface area (Å²) in [4.78, 5) is 29.1. The van der Waals surface area contributed by atoms with Gasteiger partial charge in [0.2, 0.25) is 0 Å². The first-order chi connectivity index (χ1) is 13.6. The molecule has 2 fully saturated rings. The van der Waals surface area contributed by atoms with E-state index in [0.717, 1.165) is 36.0 Å². The Labute approximate surface area is 174 Å². The highest BCUT2D eigenvalue weighted by atomic mass is 35.5. The molecule has 144 valence electrons. The van der Waals surface area contributed by atoms with Crippen LogP contribution in [-0.2, 0) is 11.3 Å². The van der Waals surface area contributed by atoms with Gasteiger partial charge in [0.05, 0.1) is 11.4 Å². The number of amides is 2. The molecule has 2 aromatic carbocycles. The van der Waals surface area contributed by atoms with E-state index < -0.39 is 0 Å². The third kappa shape index (κ3) is 4.26. The zero-order valence-electron chi connectivity index (χ0n) is 15.4. The van der Waals surface area contributed by atoms with Crippen LogP contribution in [-0.4, -0.2) is 29.1 Å². The van der Waals surface area contributed by atoms with Crippen LogP contribution >= 0.6 is 23.4 Å². The SMILES string of the molecule is O=C1S/C(=C\c2ccc(N3CCCCC3)cc2)C(=O)N1Cc1ccc(Cl)cc1. The molecular formula is C22H21ClN2O2S. The van der Waals surface area contributed by atoms with Crippen molar-refractivity contribution in [1.29, 1.82) is 0 Å². The Morgan fingerprint density at radius 1 is 0.929 bits per heavy atom. The summed E-state index contributed by atoms with van der Waals surface area (Å²) in [6, 6.07) is 15.4. The maximum Gasteiger partial charge on any atom is 0.293 e. The predicted octanol–water partition coefficient (Wildman–Crippen LogP) is 5.57. The molecule has 2 aliphatic heterocycles. The Morgan fingerprint density at radius 3 is 2.29 bits per heavy atom. The quantitative estimate of drug-likeness (QED) is 0.616. The van der Waals surface area contributed by atoms with Crippen LogP contribution in [0.3, 0.4) is 0 Å². The molecule has 2 saturated heterocycles. The summed E-state index contributed by atoms with van der Waals surface area (Å²) in [5, 5.41) is 0.391. The second kappa shape index (κ2) is 8.41. The first kappa shape index (κ1) is 19.1. The molecule has 2 aliphatic rings. The van der Waals surface area contributed by atoms with E-state index >= 15 is 0 Å². The smallest absolute Gasteiger partial charge is 0.293 e. The zero-order chi connectivity index (χ0) is 19.5. The summed E-state index contributed by atoms with van der Waals surface area (Å²) in [7, 11) is 0. The van der Waals surface area contributed by atoms with Crippen LogP contribution in [0.1, 0.15) is 30.4 Å². The van der Waals surface area contributed by atoms with Crippen LogP contribution in [0.4, 0.5) is 10.5 Å². The van der Waals surface area contributed by atoms with Crippen LogP contribution in [0.25, 0.3) is 6.08 Å². The standard InChI is InChI=1S/C22H21ClN2O2S/c23-18-8-4-17(5-9-18)15-25-21(26)20(28-22(25)27)14-16-6-10-19(11-7-16)24-12-2-1-3-13-24/h4-11,14H,1-3,12-13,15H2/b20-14-. The molecule has 0 bridgehead atoms. The largest absolute Gasteiger partial charge is 0.372 e. The van der Waals surface area contributed by atoms with E-state index in [1.807, 2.05) is 24.3 Å². The topological polar surface area (TPSA) is 40.6 Å². The highest BCUT2D eigenvalue weighted by molar-refractivity contribution is 8.18. The number of hydrogen-bond acceptors (Lipinski definition) is 4. The van der Waals surface area contributed by atoms with Crippen LogP contribution in [0, 0.1) is 0 Å². The van der Waals surface area contributed by atoms with Gasteiger partial charge in [-0.15, -0.1) is 0 Å². The molecule has 0 atom stereocenters. The lowest BCUT2D eigenvalue weighted by atomic mass is 10.1. The van der Waals surface area contributed by atoms with E-state index in [-0.39, 0.29) is 17.7 Å². The van der Waals surface area contributed by atoms with Gasteiger partial charge in [0.1, 0.15) is 0 Å². The molecule has 2 heterocycles. The first-order valence-corrected chi connectivity index (χ1v) is 10.6. The third-order valence-electron chi connectivity index (χ3n) is 5.04. The number of rotatable bonds is 4. The number of halogens is 1. The van der Waals surface area contributed by atoms with Crippen molar-refractivity contribution in [3.8, 4) is 0 Å². The number of nitrogens with zero attached hydrogens (tertiary/aromatic N) is 2. The molecule has 0 aromatic heterocycles. The number of piperidine rings is 1. The van der Waals surface area contributed by atoms with Gasteiger partial charge < -0.3 is 4.90 Å². The number of anilines is 1. The van der Waals surface area contributed by atoms with E-state index in [4.69, 9.17) is 11.6 Å². The van der Waals surface area contributed by atoms with Crippen molar-refractivity contribution in [2.45, 2.75) is 25.8 Å². The Kier molecular flexibility index (Phi) is 5.74. The van der Waals surface area contributed by atoms with Crippen molar-refractivity contribution in [3.63, 3.8) is 0 Å². The molecule has 6 heteroatoms. The van der Waals surface area contributed by atoms with Crippen LogP contribution in [0.2, 0.25) is 5.02 Å². The average Bonchev–Trinajstić information content (AvgIpc) is 2.98. The van der Waals surface area contributed by atoms with Crippen molar-refractivity contribution in [3.05, 3.63) is 69.6 Å². The summed E-state index contributed by atoms with van der Waals surface area (Å²) in [5.41, 5.74) is 3.02. The van der Waals surface area contributed by atoms with Crippen LogP contribution in [0.15, 0.2) is 53.4 Å². The second-order valence-corrected chi connectivity index (χ2v) is 8.46. The number of imide groups is 1. The minimum atomic E-state index is -0.245. The van der Waals surface area contributed by atoms with Gasteiger partial charge in [-0.25, -0.2) is 0 Å². The van der Waals surface area contributed by atoms with Gasteiger partial charge in [-0.3, -0.25) is 14.5 Å². The van der Waals surface area contributed by atoms with Gasteiger partial charge in [-0.1, -0.05) is 35.9 Å². The minimum absolute atomic E-state index is 0.240. The van der Waals surface area contributed by atoms with E-state index in [1.165, 1.54) is 29.8 Å². The number of thioether (sulfide) groups is 1. The number of hydrogen-bond donors (Lipinski definition) is 0. The first-order valence-electron chi connectivity index (χ1n) is 9.45. The molecule has 28 heavy (non-hydrogen) atoms. The summed E-state index contributed by atoms with van der Waals surface area (Å²) in [6.07, 6.45) is 5.58. The molecule has 4 nitrogen and oxygen atoms in total. The lowest BCUT2D eigenvalue weighted by Crippen LogP contribution is -2.29. The normalized spacial score (nSPS) is 19.0. The fourth-order valence-electron chi connectivity index (χ4n) is 3.49. The Hall–Kier alpha value is -2.24. The summed E-state index contributed by atoms with van der Waals surface area (Å²) < 4.78 is 0. The van der Waals surface area contributed by atoms with Crippen LogP contribution in [0.5, 0.6) is 0 Å². The fraction of sp³-hybridized carbons (Fsp3) is 0.273. The molecule has 4 rings (SSSR count). The number of carbonyl (C=O) groups is 2. The lowest BCUT2D eigenvalue weighted by molar-refractivity contribution is -0.123. The van der Waals surface area contributed by atoms with Crippen molar-refractivity contribution < 1.29 is 9.59 Å². The van der Waals surface area contributed by atoms with E-state index in [9.17, 15) is 9.59 Å². The minimum Gasteiger partial charge on any atom is -0.372 e. The number of carbonyl (C=O) groups excluding carboxylic acids is 2. The Balaban J connectivity index is 1.46. The number of benzene rings is 2.